The van der Waals surface area contributed by atoms with Gasteiger partial charge in [0.05, 0.1) is 16.5 Å². The molecule has 7 heteroatoms. The van der Waals surface area contributed by atoms with Crippen LogP contribution in [-0.2, 0) is 0 Å². The SMILES string of the molecule is Cc1cccc(NC(=O)Nc2ccc3nc(-c4cscn4)[nH]c3c2)c1. The molecule has 0 aliphatic carbocycles. The summed E-state index contributed by atoms with van der Waals surface area (Å²) in [6.45, 7) is 1.98. The summed E-state index contributed by atoms with van der Waals surface area (Å²) in [4.78, 5) is 24.2. The van der Waals surface area contributed by atoms with Crippen molar-refractivity contribution in [1.82, 2.24) is 15.0 Å². The van der Waals surface area contributed by atoms with Gasteiger partial charge in [0.25, 0.3) is 0 Å². The number of fused-ring (bicyclic) bond motifs is 1. The fourth-order valence-electron chi connectivity index (χ4n) is 2.55. The predicted molar refractivity (Wildman–Crippen MR) is 101 cm³/mol. The number of imidazole rings is 1. The molecule has 0 spiro atoms. The number of hydrogen-bond donors (Lipinski definition) is 3. The molecule has 0 radical (unpaired) electrons. The van der Waals surface area contributed by atoms with Gasteiger partial charge in [0.15, 0.2) is 5.82 Å². The van der Waals surface area contributed by atoms with Crippen LogP contribution in [0, 0.1) is 6.92 Å². The number of aromatic nitrogens is 3. The van der Waals surface area contributed by atoms with Gasteiger partial charge < -0.3 is 15.6 Å². The minimum Gasteiger partial charge on any atom is -0.337 e. The summed E-state index contributed by atoms with van der Waals surface area (Å²) in [6, 6.07) is 12.9. The molecule has 0 bridgehead atoms. The van der Waals surface area contributed by atoms with E-state index >= 15 is 0 Å². The van der Waals surface area contributed by atoms with Gasteiger partial charge in [-0.3, -0.25) is 0 Å². The molecule has 0 fully saturated rings. The average molecular weight is 349 g/mol. The number of hydrogen-bond acceptors (Lipinski definition) is 4. The lowest BCUT2D eigenvalue weighted by Gasteiger charge is -2.08. The number of carbonyl (C=O) groups excluding carboxylic acids is 1. The van der Waals surface area contributed by atoms with E-state index in [1.807, 2.05) is 54.8 Å². The fourth-order valence-corrected chi connectivity index (χ4v) is 3.09. The quantitative estimate of drug-likeness (QED) is 0.504. The summed E-state index contributed by atoms with van der Waals surface area (Å²) in [6.07, 6.45) is 0. The van der Waals surface area contributed by atoms with Gasteiger partial charge >= 0.3 is 6.03 Å². The van der Waals surface area contributed by atoms with Crippen LogP contribution in [-0.4, -0.2) is 21.0 Å². The van der Waals surface area contributed by atoms with E-state index in [0.717, 1.165) is 33.8 Å². The third-order valence-electron chi connectivity index (χ3n) is 3.69. The molecule has 6 nitrogen and oxygen atoms in total. The molecule has 0 saturated carbocycles. The van der Waals surface area contributed by atoms with Crippen LogP contribution in [0.4, 0.5) is 16.2 Å². The summed E-state index contributed by atoms with van der Waals surface area (Å²) in [5.41, 5.74) is 6.78. The van der Waals surface area contributed by atoms with E-state index in [2.05, 4.69) is 25.6 Å². The number of anilines is 2. The highest BCUT2D eigenvalue weighted by atomic mass is 32.1. The van der Waals surface area contributed by atoms with Crippen molar-refractivity contribution in [2.24, 2.45) is 0 Å². The number of nitrogens with zero attached hydrogens (tertiary/aromatic N) is 2. The summed E-state index contributed by atoms with van der Waals surface area (Å²) in [7, 11) is 0. The number of thiazole rings is 1. The van der Waals surface area contributed by atoms with Crippen LogP contribution in [0.5, 0.6) is 0 Å². The van der Waals surface area contributed by atoms with Crippen LogP contribution in [0.25, 0.3) is 22.6 Å². The van der Waals surface area contributed by atoms with Gasteiger partial charge in [0.1, 0.15) is 5.69 Å². The molecule has 4 rings (SSSR count). The highest BCUT2D eigenvalue weighted by Crippen LogP contribution is 2.23. The van der Waals surface area contributed by atoms with Gasteiger partial charge in [-0.15, -0.1) is 11.3 Å². The molecule has 0 atom stereocenters. The van der Waals surface area contributed by atoms with Crippen molar-refractivity contribution in [3.8, 4) is 11.5 Å². The summed E-state index contributed by atoms with van der Waals surface area (Å²) >= 11 is 1.52. The molecular weight excluding hydrogens is 334 g/mol. The Kier molecular flexibility index (Phi) is 3.91. The van der Waals surface area contributed by atoms with Gasteiger partial charge in [-0.1, -0.05) is 12.1 Å². The molecule has 2 aromatic carbocycles. The first-order valence-corrected chi connectivity index (χ1v) is 8.65. The van der Waals surface area contributed by atoms with Crippen LogP contribution in [0.1, 0.15) is 5.56 Å². The standard InChI is InChI=1S/C18H15N5OS/c1-11-3-2-4-12(7-11)20-18(24)21-13-5-6-14-15(8-13)23-17(22-14)16-9-25-10-19-16/h2-10H,1H3,(H,22,23)(H2,20,21,24). The van der Waals surface area contributed by atoms with Crippen molar-refractivity contribution < 1.29 is 4.79 Å². The van der Waals surface area contributed by atoms with E-state index < -0.39 is 0 Å². The van der Waals surface area contributed by atoms with Crippen LogP contribution >= 0.6 is 11.3 Å². The highest BCUT2D eigenvalue weighted by Gasteiger charge is 2.09. The van der Waals surface area contributed by atoms with E-state index in [1.54, 1.807) is 5.51 Å². The summed E-state index contributed by atoms with van der Waals surface area (Å²) < 4.78 is 0. The maximum absolute atomic E-state index is 12.2. The number of urea groups is 1. The Balaban J connectivity index is 1.52. The van der Waals surface area contributed by atoms with Gasteiger partial charge in [0, 0.05) is 16.8 Å². The highest BCUT2D eigenvalue weighted by molar-refractivity contribution is 7.07. The lowest BCUT2D eigenvalue weighted by atomic mass is 10.2. The second kappa shape index (κ2) is 6.37. The zero-order valence-electron chi connectivity index (χ0n) is 13.4. The zero-order valence-corrected chi connectivity index (χ0v) is 14.2. The number of nitrogens with one attached hydrogen (secondary N) is 3. The number of aromatic amines is 1. The number of aryl methyl sites for hydroxylation is 1. The van der Waals surface area contributed by atoms with Gasteiger partial charge in [-0.2, -0.15) is 0 Å². The molecule has 25 heavy (non-hydrogen) atoms. The smallest absolute Gasteiger partial charge is 0.323 e. The average Bonchev–Trinajstić information content (AvgIpc) is 3.23. The number of amides is 2. The maximum atomic E-state index is 12.2. The normalized spacial score (nSPS) is 10.8. The van der Waals surface area contributed by atoms with Gasteiger partial charge in [0.2, 0.25) is 0 Å². The Labute approximate surface area is 148 Å². The summed E-state index contributed by atoms with van der Waals surface area (Å²) in [5, 5.41) is 7.59. The first-order valence-electron chi connectivity index (χ1n) is 7.70. The molecule has 124 valence electrons. The second-order valence-corrected chi connectivity index (χ2v) is 6.36. The first kappa shape index (κ1) is 15.3. The van der Waals surface area contributed by atoms with E-state index in [4.69, 9.17) is 0 Å². The maximum Gasteiger partial charge on any atom is 0.323 e. The zero-order chi connectivity index (χ0) is 17.2. The Bertz CT molecular complexity index is 1040. The molecule has 2 aromatic heterocycles. The third-order valence-corrected chi connectivity index (χ3v) is 4.28. The molecule has 4 aromatic rings. The topological polar surface area (TPSA) is 82.7 Å². The van der Waals surface area contributed by atoms with Crippen LogP contribution in [0.2, 0.25) is 0 Å². The molecule has 0 unspecified atom stereocenters. The minimum absolute atomic E-state index is 0.288. The van der Waals surface area contributed by atoms with Gasteiger partial charge in [-0.25, -0.2) is 14.8 Å². The van der Waals surface area contributed by atoms with E-state index in [-0.39, 0.29) is 6.03 Å². The number of rotatable bonds is 3. The number of carbonyl (C=O) groups is 1. The largest absolute Gasteiger partial charge is 0.337 e. The van der Waals surface area contributed by atoms with Crippen molar-refractivity contribution in [3.63, 3.8) is 0 Å². The lowest BCUT2D eigenvalue weighted by molar-refractivity contribution is 0.262. The van der Waals surface area contributed by atoms with Crippen molar-refractivity contribution in [1.29, 1.82) is 0 Å². The van der Waals surface area contributed by atoms with Crippen LogP contribution in [0.15, 0.2) is 53.4 Å². The Morgan fingerprint density at radius 1 is 1.12 bits per heavy atom. The van der Waals surface area contributed by atoms with Crippen LogP contribution < -0.4 is 10.6 Å². The second-order valence-electron chi connectivity index (χ2n) is 5.64. The number of H-pyrrole nitrogens is 1. The van der Waals surface area contributed by atoms with Crippen molar-refractivity contribution >= 4 is 39.8 Å². The summed E-state index contributed by atoms with van der Waals surface area (Å²) in [5.74, 6) is 0.720. The lowest BCUT2D eigenvalue weighted by Crippen LogP contribution is -2.19. The Morgan fingerprint density at radius 2 is 1.96 bits per heavy atom. The molecular formula is C18H15N5OS. The van der Waals surface area contributed by atoms with Crippen molar-refractivity contribution in [3.05, 3.63) is 58.9 Å². The molecule has 2 amide bonds. The molecule has 0 aliphatic rings. The third kappa shape index (κ3) is 3.36. The van der Waals surface area contributed by atoms with E-state index in [0.29, 0.717) is 5.69 Å². The monoisotopic (exact) mass is 349 g/mol. The molecule has 2 heterocycles. The number of benzene rings is 2. The first-order chi connectivity index (χ1) is 12.2. The van der Waals surface area contributed by atoms with Gasteiger partial charge in [-0.05, 0) is 42.8 Å². The van der Waals surface area contributed by atoms with E-state index in [1.165, 1.54) is 11.3 Å². The van der Waals surface area contributed by atoms with Crippen molar-refractivity contribution in [2.75, 3.05) is 10.6 Å². The molecule has 3 N–H and O–H groups in total. The minimum atomic E-state index is -0.288. The fraction of sp³-hybridized carbons (Fsp3) is 0.0556. The Morgan fingerprint density at radius 3 is 2.72 bits per heavy atom. The predicted octanol–water partition coefficient (Wildman–Crippen LogP) is 4.64. The molecule has 0 aliphatic heterocycles. The van der Waals surface area contributed by atoms with Crippen LogP contribution in [0.3, 0.4) is 0 Å². The van der Waals surface area contributed by atoms with E-state index in [9.17, 15) is 4.79 Å². The Hall–Kier alpha value is -3.19. The molecule has 0 saturated heterocycles. The van der Waals surface area contributed by atoms with Crippen molar-refractivity contribution in [2.45, 2.75) is 6.92 Å².